The minimum Gasteiger partial charge on any atom is -0.468 e. The lowest BCUT2D eigenvalue weighted by Gasteiger charge is -2.22. The number of anilines is 2. The maximum atomic E-state index is 13.3. The number of hydrogen-bond donors (Lipinski definition) is 1. The monoisotopic (exact) mass is 569 g/mol. The molecule has 0 saturated carbocycles. The number of hydrogen-bond acceptors (Lipinski definition) is 8. The van der Waals surface area contributed by atoms with Gasteiger partial charge in [-0.1, -0.05) is 18.2 Å². The third-order valence-electron chi connectivity index (χ3n) is 6.86. The van der Waals surface area contributed by atoms with Crippen molar-refractivity contribution in [1.29, 1.82) is 0 Å². The van der Waals surface area contributed by atoms with Crippen molar-refractivity contribution >= 4 is 28.2 Å². The topological polar surface area (TPSA) is 108 Å². The molecule has 1 fully saturated rings. The van der Waals surface area contributed by atoms with Crippen LogP contribution in [0, 0.1) is 0 Å². The van der Waals surface area contributed by atoms with E-state index in [1.54, 1.807) is 42.6 Å². The van der Waals surface area contributed by atoms with E-state index in [1.807, 2.05) is 4.90 Å². The predicted octanol–water partition coefficient (Wildman–Crippen LogP) is 3.83. The van der Waals surface area contributed by atoms with Crippen molar-refractivity contribution in [2.45, 2.75) is 31.8 Å². The van der Waals surface area contributed by atoms with Gasteiger partial charge < -0.3 is 19.4 Å². The normalized spacial score (nSPS) is 15.7. The summed E-state index contributed by atoms with van der Waals surface area (Å²) in [5.41, 5.74) is -0.421. The van der Waals surface area contributed by atoms with Gasteiger partial charge in [-0.05, 0) is 61.9 Å². The summed E-state index contributed by atoms with van der Waals surface area (Å²) in [4.78, 5) is 40.6. The highest BCUT2D eigenvalue weighted by molar-refractivity contribution is 5.92. The molecule has 4 aromatic rings. The number of fused-ring (bicyclic) bond motifs is 1. The molecule has 214 valence electrons. The fourth-order valence-electron chi connectivity index (χ4n) is 4.91. The Bertz CT molecular complexity index is 1680. The van der Waals surface area contributed by atoms with E-state index in [-0.39, 0.29) is 34.8 Å². The molecule has 0 aliphatic carbocycles. The first-order chi connectivity index (χ1) is 19.6. The van der Waals surface area contributed by atoms with Gasteiger partial charge in [0.1, 0.15) is 17.5 Å². The maximum absolute atomic E-state index is 13.3. The van der Waals surface area contributed by atoms with Crippen molar-refractivity contribution in [2.75, 3.05) is 25.5 Å². The number of nitrogens with one attached hydrogen (secondary N) is 1. The Morgan fingerprint density at radius 3 is 2.44 bits per heavy atom. The molecule has 0 bridgehead atoms. The third kappa shape index (κ3) is 6.09. The van der Waals surface area contributed by atoms with E-state index in [0.29, 0.717) is 30.3 Å². The molecular weight excluding hydrogens is 543 g/mol. The Morgan fingerprint density at radius 1 is 1.00 bits per heavy atom. The quantitative estimate of drug-likeness (QED) is 0.319. The van der Waals surface area contributed by atoms with Gasteiger partial charge in [0, 0.05) is 24.7 Å². The summed E-state index contributed by atoms with van der Waals surface area (Å²) in [6, 6.07) is 14.4. The summed E-state index contributed by atoms with van der Waals surface area (Å²) in [5, 5.41) is 8.19. The Hall–Kier alpha value is -4.65. The summed E-state index contributed by atoms with van der Waals surface area (Å²) in [5.74, 6) is -0.526. The number of carbonyl (C=O) groups is 1. The number of likely N-dealkylation sites (tertiary alicyclic amines) is 1. The zero-order valence-corrected chi connectivity index (χ0v) is 21.9. The number of methoxy groups -OCH3 is 1. The summed E-state index contributed by atoms with van der Waals surface area (Å²) in [6.45, 7) is 1.54. The van der Waals surface area contributed by atoms with Crippen LogP contribution in [0.2, 0.25) is 0 Å². The summed E-state index contributed by atoms with van der Waals surface area (Å²) in [6.07, 6.45) is -1.64. The van der Waals surface area contributed by atoms with Crippen molar-refractivity contribution in [3.63, 3.8) is 0 Å². The molecular formula is C28H26F3N5O5. The number of aromatic nitrogens is 3. The van der Waals surface area contributed by atoms with E-state index in [1.165, 1.54) is 23.8 Å². The van der Waals surface area contributed by atoms with E-state index in [9.17, 15) is 27.6 Å². The third-order valence-corrected chi connectivity index (χ3v) is 6.86. The van der Waals surface area contributed by atoms with Gasteiger partial charge in [0.15, 0.2) is 5.82 Å². The molecule has 10 nitrogen and oxygen atoms in total. The Morgan fingerprint density at radius 2 is 1.73 bits per heavy atom. The van der Waals surface area contributed by atoms with Gasteiger partial charge in [0.05, 0.1) is 18.2 Å². The lowest BCUT2D eigenvalue weighted by atomic mass is 10.2. The van der Waals surface area contributed by atoms with Crippen molar-refractivity contribution in [3.05, 3.63) is 87.6 Å². The summed E-state index contributed by atoms with van der Waals surface area (Å²) < 4.78 is 49.1. The molecule has 0 amide bonds. The Balaban J connectivity index is 1.44. The smallest absolute Gasteiger partial charge is 0.468 e. The fraction of sp³-hybridized carbons (Fsp3) is 0.286. The van der Waals surface area contributed by atoms with Crippen molar-refractivity contribution in [2.24, 2.45) is 0 Å². The highest BCUT2D eigenvalue weighted by Crippen LogP contribution is 2.25. The molecule has 0 spiro atoms. The first kappa shape index (κ1) is 27.9. The van der Waals surface area contributed by atoms with Crippen LogP contribution in [0.3, 0.4) is 0 Å². The van der Waals surface area contributed by atoms with Crippen LogP contribution >= 0.6 is 0 Å². The number of nitrogens with zero attached hydrogens (tertiary/aromatic N) is 4. The second-order valence-corrected chi connectivity index (χ2v) is 9.42. The molecule has 0 unspecified atom stereocenters. The second-order valence-electron chi connectivity index (χ2n) is 9.42. The molecule has 1 N–H and O–H groups in total. The number of rotatable bonds is 8. The van der Waals surface area contributed by atoms with Crippen molar-refractivity contribution < 1.29 is 27.4 Å². The van der Waals surface area contributed by atoms with Gasteiger partial charge in [0.2, 0.25) is 0 Å². The number of halogens is 3. The lowest BCUT2D eigenvalue weighted by Crippen LogP contribution is -2.39. The molecule has 2 aromatic carbocycles. The standard InChI is InChI=1S/C28H26F3N5O5/c1-40-27(39)23-9-5-14-34(23)16-17-35-15-4-8-22(26(35)38)32-24-20-6-2-3-7-21(20)25(37)36(33-24)18-10-12-19(13-11-18)41-28(29,30)31/h2-4,6-8,10-13,15,23H,5,9,14,16-17H2,1H3,(H,32,33)/t23-/m0/s1. The van der Waals surface area contributed by atoms with E-state index < -0.39 is 17.7 Å². The minimum atomic E-state index is -4.85. The van der Waals surface area contributed by atoms with Crippen LogP contribution in [0.15, 0.2) is 76.4 Å². The van der Waals surface area contributed by atoms with Gasteiger partial charge in [0.25, 0.3) is 11.1 Å². The maximum Gasteiger partial charge on any atom is 0.573 e. The first-order valence-corrected chi connectivity index (χ1v) is 12.8. The van der Waals surface area contributed by atoms with Crippen LogP contribution in [0.25, 0.3) is 16.5 Å². The molecule has 0 radical (unpaired) electrons. The second kappa shape index (κ2) is 11.5. The van der Waals surface area contributed by atoms with Gasteiger partial charge in [-0.15, -0.1) is 18.3 Å². The van der Waals surface area contributed by atoms with Crippen LogP contribution < -0.4 is 21.2 Å². The average molecular weight is 570 g/mol. The molecule has 2 aromatic heterocycles. The molecule has 13 heteroatoms. The molecule has 41 heavy (non-hydrogen) atoms. The van der Waals surface area contributed by atoms with Crippen LogP contribution in [0.5, 0.6) is 5.75 Å². The molecule has 1 aliphatic heterocycles. The van der Waals surface area contributed by atoms with E-state index in [0.717, 1.165) is 29.8 Å². The minimum absolute atomic E-state index is 0.203. The summed E-state index contributed by atoms with van der Waals surface area (Å²) >= 11 is 0. The Kier molecular flexibility index (Phi) is 7.79. The van der Waals surface area contributed by atoms with Gasteiger partial charge in [-0.2, -0.15) is 4.68 Å². The largest absolute Gasteiger partial charge is 0.573 e. The Labute approximate surface area is 231 Å². The van der Waals surface area contributed by atoms with E-state index in [2.05, 4.69) is 15.2 Å². The number of carbonyl (C=O) groups excluding carboxylic acids is 1. The molecule has 1 saturated heterocycles. The van der Waals surface area contributed by atoms with Gasteiger partial charge >= 0.3 is 12.3 Å². The van der Waals surface area contributed by atoms with Crippen LogP contribution in [0.4, 0.5) is 24.7 Å². The van der Waals surface area contributed by atoms with E-state index in [4.69, 9.17) is 4.74 Å². The predicted molar refractivity (Wildman–Crippen MR) is 145 cm³/mol. The van der Waals surface area contributed by atoms with Crippen LogP contribution in [-0.2, 0) is 16.1 Å². The zero-order chi connectivity index (χ0) is 29.1. The van der Waals surface area contributed by atoms with E-state index >= 15 is 0 Å². The molecule has 1 atom stereocenters. The number of benzene rings is 2. The van der Waals surface area contributed by atoms with Gasteiger partial charge in [-0.25, -0.2) is 0 Å². The molecule has 3 heterocycles. The SMILES string of the molecule is COC(=O)[C@@H]1CCCN1CCn1cccc(Nc2nn(-c3ccc(OC(F)(F)F)cc3)c(=O)c3ccccc23)c1=O. The lowest BCUT2D eigenvalue weighted by molar-refractivity contribution is -0.274. The highest BCUT2D eigenvalue weighted by atomic mass is 19.4. The number of alkyl halides is 3. The molecule has 1 aliphatic rings. The average Bonchev–Trinajstić information content (AvgIpc) is 3.43. The van der Waals surface area contributed by atoms with Crippen LogP contribution in [0.1, 0.15) is 12.8 Å². The zero-order valence-electron chi connectivity index (χ0n) is 21.9. The number of ether oxygens (including phenoxy) is 2. The number of pyridine rings is 1. The van der Waals surface area contributed by atoms with Gasteiger partial charge in [-0.3, -0.25) is 19.3 Å². The summed E-state index contributed by atoms with van der Waals surface area (Å²) in [7, 11) is 1.36. The van der Waals surface area contributed by atoms with Crippen molar-refractivity contribution in [3.8, 4) is 11.4 Å². The van der Waals surface area contributed by atoms with Crippen molar-refractivity contribution in [1.82, 2.24) is 19.2 Å². The fourth-order valence-corrected chi connectivity index (χ4v) is 4.91. The molecule has 5 rings (SSSR count). The number of esters is 1. The first-order valence-electron chi connectivity index (χ1n) is 12.8. The van der Waals surface area contributed by atoms with Crippen LogP contribution in [-0.4, -0.2) is 57.8 Å². The highest BCUT2D eigenvalue weighted by Gasteiger charge is 2.32.